The lowest BCUT2D eigenvalue weighted by molar-refractivity contribution is 0.106. The number of fused-ring (bicyclic) bond motifs is 1. The Kier molecular flexibility index (Phi) is 7.88. The van der Waals surface area contributed by atoms with Crippen molar-refractivity contribution in [1.82, 2.24) is 4.90 Å². The molecule has 116 valence electrons. The van der Waals surface area contributed by atoms with Crippen LogP contribution in [0.3, 0.4) is 0 Å². The molecule has 2 atom stereocenters. The zero-order valence-electron chi connectivity index (χ0n) is 14.9. The van der Waals surface area contributed by atoms with Crippen LogP contribution < -0.4 is 5.32 Å². The van der Waals surface area contributed by atoms with E-state index < -0.39 is 0 Å². The molecule has 0 aliphatic carbocycles. The van der Waals surface area contributed by atoms with Crippen molar-refractivity contribution >= 4 is 5.69 Å². The molecule has 2 unspecified atom stereocenters. The molecular weight excluding hydrogens is 244 g/mol. The van der Waals surface area contributed by atoms with Gasteiger partial charge in [-0.05, 0) is 46.4 Å². The van der Waals surface area contributed by atoms with Crippen molar-refractivity contribution in [3.8, 4) is 0 Å². The maximum absolute atomic E-state index is 3.62. The number of anilines is 1. The van der Waals surface area contributed by atoms with Crippen LogP contribution in [0.2, 0.25) is 0 Å². The van der Waals surface area contributed by atoms with Crippen LogP contribution in [0, 0.1) is 0 Å². The smallest absolute Gasteiger partial charge is 0.0425 e. The number of hydrogen-bond donors (Lipinski definition) is 1. The van der Waals surface area contributed by atoms with E-state index in [1.54, 1.807) is 0 Å². The van der Waals surface area contributed by atoms with E-state index in [4.69, 9.17) is 0 Å². The van der Waals surface area contributed by atoms with E-state index in [1.807, 2.05) is 27.7 Å². The summed E-state index contributed by atoms with van der Waals surface area (Å²) in [5, 5.41) is 3.62. The second-order valence-corrected chi connectivity index (χ2v) is 5.39. The Bertz CT molecular complexity index is 385. The highest BCUT2D eigenvalue weighted by atomic mass is 15.2. The standard InChI is InChI=1S/C14H22N2.2C2H6/c1-10-11(2)16(5)14(3,4)12-8-6-7-9-13(12)15-10;2*1-2/h6-11,15H,1-5H3;2*1-2H3. The van der Waals surface area contributed by atoms with Gasteiger partial charge in [-0.3, -0.25) is 4.90 Å². The second kappa shape index (κ2) is 8.31. The Hall–Kier alpha value is -1.02. The number of rotatable bonds is 0. The third-order valence-corrected chi connectivity index (χ3v) is 4.19. The molecule has 0 saturated heterocycles. The molecule has 20 heavy (non-hydrogen) atoms. The van der Waals surface area contributed by atoms with Gasteiger partial charge in [0.25, 0.3) is 0 Å². The number of likely N-dealkylation sites (N-methyl/N-ethyl adjacent to an activating group) is 1. The summed E-state index contributed by atoms with van der Waals surface area (Å²) in [5.41, 5.74) is 2.73. The van der Waals surface area contributed by atoms with Crippen molar-refractivity contribution < 1.29 is 0 Å². The molecule has 0 fully saturated rings. The molecule has 2 nitrogen and oxygen atoms in total. The highest BCUT2D eigenvalue weighted by Gasteiger charge is 2.36. The van der Waals surface area contributed by atoms with Crippen molar-refractivity contribution in [2.75, 3.05) is 12.4 Å². The number of nitrogens with zero attached hydrogens (tertiary/aromatic N) is 1. The summed E-state index contributed by atoms with van der Waals surface area (Å²) in [6, 6.07) is 9.61. The van der Waals surface area contributed by atoms with Gasteiger partial charge in [0.1, 0.15) is 0 Å². The van der Waals surface area contributed by atoms with Crippen molar-refractivity contribution in [3.63, 3.8) is 0 Å². The van der Waals surface area contributed by atoms with Gasteiger partial charge < -0.3 is 5.32 Å². The molecule has 0 radical (unpaired) electrons. The van der Waals surface area contributed by atoms with Crippen molar-refractivity contribution in [2.24, 2.45) is 0 Å². The Morgan fingerprint density at radius 1 is 1.00 bits per heavy atom. The van der Waals surface area contributed by atoms with Gasteiger partial charge in [-0.25, -0.2) is 0 Å². The molecule has 1 aliphatic rings. The van der Waals surface area contributed by atoms with Crippen LogP contribution in [0.25, 0.3) is 0 Å². The maximum atomic E-state index is 3.62. The summed E-state index contributed by atoms with van der Waals surface area (Å²) in [7, 11) is 2.21. The van der Waals surface area contributed by atoms with E-state index in [-0.39, 0.29) is 5.54 Å². The topological polar surface area (TPSA) is 15.3 Å². The summed E-state index contributed by atoms with van der Waals surface area (Å²) in [5.74, 6) is 0. The average molecular weight is 278 g/mol. The first-order valence-electron chi connectivity index (χ1n) is 8.03. The molecule has 1 heterocycles. The first kappa shape index (κ1) is 19.0. The molecule has 2 rings (SSSR count). The lowest BCUT2D eigenvalue weighted by Gasteiger charge is -2.39. The van der Waals surface area contributed by atoms with Crippen molar-refractivity contribution in [3.05, 3.63) is 29.8 Å². The average Bonchev–Trinajstić information content (AvgIpc) is 2.55. The zero-order chi connectivity index (χ0) is 15.9. The summed E-state index contributed by atoms with van der Waals surface area (Å²) in [6.45, 7) is 17.1. The lowest BCUT2D eigenvalue weighted by atomic mass is 9.91. The van der Waals surface area contributed by atoms with Crippen LogP contribution in [0.15, 0.2) is 24.3 Å². The molecule has 1 aliphatic heterocycles. The molecular formula is C18H34N2. The van der Waals surface area contributed by atoms with E-state index in [9.17, 15) is 0 Å². The van der Waals surface area contributed by atoms with Gasteiger partial charge in [-0.2, -0.15) is 0 Å². The molecule has 1 N–H and O–H groups in total. The van der Waals surface area contributed by atoms with Gasteiger partial charge in [-0.1, -0.05) is 45.9 Å². The minimum absolute atomic E-state index is 0.0772. The van der Waals surface area contributed by atoms with Crippen molar-refractivity contribution in [1.29, 1.82) is 0 Å². The number of para-hydroxylation sites is 1. The van der Waals surface area contributed by atoms with E-state index in [2.05, 4.69) is 69.2 Å². The molecule has 0 amide bonds. The first-order valence-corrected chi connectivity index (χ1v) is 8.03. The monoisotopic (exact) mass is 278 g/mol. The summed E-state index contributed by atoms with van der Waals surface area (Å²) in [6.07, 6.45) is 0. The Balaban J connectivity index is 0.000000829. The summed E-state index contributed by atoms with van der Waals surface area (Å²) < 4.78 is 0. The van der Waals surface area contributed by atoms with Crippen LogP contribution >= 0.6 is 0 Å². The van der Waals surface area contributed by atoms with Crippen LogP contribution in [0.4, 0.5) is 5.69 Å². The first-order chi connectivity index (χ1) is 9.44. The van der Waals surface area contributed by atoms with Gasteiger partial charge in [0.15, 0.2) is 0 Å². The molecule has 0 spiro atoms. The fourth-order valence-electron chi connectivity index (χ4n) is 2.54. The molecule has 0 aromatic heterocycles. The van der Waals surface area contributed by atoms with Gasteiger partial charge in [0, 0.05) is 23.3 Å². The Morgan fingerprint density at radius 3 is 2.05 bits per heavy atom. The van der Waals surface area contributed by atoms with Crippen LogP contribution in [-0.2, 0) is 5.54 Å². The van der Waals surface area contributed by atoms with Crippen molar-refractivity contribution in [2.45, 2.75) is 73.0 Å². The Morgan fingerprint density at radius 2 is 1.50 bits per heavy atom. The third kappa shape index (κ3) is 3.76. The minimum atomic E-state index is 0.0772. The predicted octanol–water partition coefficient (Wildman–Crippen LogP) is 5.11. The van der Waals surface area contributed by atoms with E-state index in [1.165, 1.54) is 11.3 Å². The van der Waals surface area contributed by atoms with Crippen LogP contribution in [0.1, 0.15) is 61.0 Å². The molecule has 0 bridgehead atoms. The Labute approximate surface area is 126 Å². The van der Waals surface area contributed by atoms with E-state index in [0.717, 1.165) is 0 Å². The van der Waals surface area contributed by atoms with E-state index >= 15 is 0 Å². The molecule has 2 heteroatoms. The fraction of sp³-hybridized carbons (Fsp3) is 0.667. The van der Waals surface area contributed by atoms with Crippen LogP contribution in [-0.4, -0.2) is 24.0 Å². The quantitative estimate of drug-likeness (QED) is 0.709. The SMILES string of the molecule is CC.CC.CC1Nc2ccccc2C(C)(C)N(C)C1C. The highest BCUT2D eigenvalue weighted by molar-refractivity contribution is 5.55. The van der Waals surface area contributed by atoms with Gasteiger partial charge >= 0.3 is 0 Å². The zero-order valence-corrected chi connectivity index (χ0v) is 14.9. The number of hydrogen-bond acceptors (Lipinski definition) is 2. The highest BCUT2D eigenvalue weighted by Crippen LogP contribution is 2.37. The van der Waals surface area contributed by atoms with E-state index in [0.29, 0.717) is 12.1 Å². The summed E-state index contributed by atoms with van der Waals surface area (Å²) in [4.78, 5) is 2.45. The maximum Gasteiger partial charge on any atom is 0.0425 e. The number of nitrogens with one attached hydrogen (secondary N) is 1. The number of benzene rings is 1. The fourth-order valence-corrected chi connectivity index (χ4v) is 2.54. The normalized spacial score (nSPS) is 23.9. The molecule has 0 saturated carbocycles. The van der Waals surface area contributed by atoms with Gasteiger partial charge in [-0.15, -0.1) is 0 Å². The third-order valence-electron chi connectivity index (χ3n) is 4.19. The summed E-state index contributed by atoms with van der Waals surface area (Å²) >= 11 is 0. The molecule has 1 aromatic rings. The lowest BCUT2D eigenvalue weighted by Crippen LogP contribution is -2.47. The van der Waals surface area contributed by atoms with Gasteiger partial charge in [0.2, 0.25) is 0 Å². The van der Waals surface area contributed by atoms with Gasteiger partial charge in [0.05, 0.1) is 0 Å². The largest absolute Gasteiger partial charge is 0.381 e. The minimum Gasteiger partial charge on any atom is -0.381 e. The molecule has 1 aromatic carbocycles. The predicted molar refractivity (Wildman–Crippen MR) is 92.5 cm³/mol. The second-order valence-electron chi connectivity index (χ2n) is 5.39. The van der Waals surface area contributed by atoms with Crippen LogP contribution in [0.5, 0.6) is 0 Å².